The summed E-state index contributed by atoms with van der Waals surface area (Å²) in [6.07, 6.45) is 3.65. The number of benzene rings is 2. The van der Waals surface area contributed by atoms with Crippen molar-refractivity contribution < 1.29 is 12.4 Å². The number of fused-ring (bicyclic) bond motifs is 4. The lowest BCUT2D eigenvalue weighted by atomic mass is 10.1. The third kappa shape index (κ3) is 4.83. The van der Waals surface area contributed by atoms with E-state index < -0.39 is 0 Å². The Kier molecular flexibility index (Phi) is 7.84. The Balaban J connectivity index is 0.00000272. The average Bonchev–Trinajstić information content (AvgIpc) is 2.76. The maximum atomic E-state index is 5.06. The Bertz CT molecular complexity index is 1230. The van der Waals surface area contributed by atoms with E-state index in [4.69, 9.17) is 9.97 Å². The molecule has 2 heterocycles. The molecule has 4 rings (SSSR count). The van der Waals surface area contributed by atoms with Crippen molar-refractivity contribution in [3.63, 3.8) is 0 Å². The van der Waals surface area contributed by atoms with Crippen molar-refractivity contribution in [1.29, 1.82) is 0 Å². The van der Waals surface area contributed by atoms with Gasteiger partial charge in [0.15, 0.2) is 0 Å². The van der Waals surface area contributed by atoms with Gasteiger partial charge >= 0.3 is 0 Å². The Hall–Kier alpha value is -2.24. The third-order valence-corrected chi connectivity index (χ3v) is 6.75. The number of nitrogens with one attached hydrogen (secondary N) is 1. The lowest BCUT2D eigenvalue weighted by Crippen LogP contribution is -3.00. The zero-order valence-electron chi connectivity index (χ0n) is 18.8. The minimum Gasteiger partial charge on any atom is -1.00 e. The van der Waals surface area contributed by atoms with Crippen molar-refractivity contribution in [2.75, 3.05) is 25.0 Å². The van der Waals surface area contributed by atoms with Crippen molar-refractivity contribution in [3.05, 3.63) is 47.4 Å². The van der Waals surface area contributed by atoms with Crippen molar-refractivity contribution >= 4 is 38.1 Å². The first kappa shape index (κ1) is 23.4. The van der Waals surface area contributed by atoms with E-state index in [0.717, 1.165) is 53.1 Å². The molecule has 0 spiro atoms. The summed E-state index contributed by atoms with van der Waals surface area (Å²) in [7, 11) is 0. The number of hydrogen-bond donors (Lipinski definition) is 1. The molecule has 31 heavy (non-hydrogen) atoms. The van der Waals surface area contributed by atoms with Gasteiger partial charge in [-0.1, -0.05) is 19.8 Å². The first-order valence-electron chi connectivity index (χ1n) is 11.1. The SMILES string of the molecule is CCCCCNc1cc2sc3cc(=[N+](CC)CC)ccc-3nc2c2ccc(C)nc12.[Cl-]. The molecule has 0 saturated carbocycles. The molecule has 164 valence electrons. The van der Waals surface area contributed by atoms with Crippen LogP contribution in [-0.2, 0) is 0 Å². The number of aryl methyl sites for hydroxylation is 1. The van der Waals surface area contributed by atoms with E-state index in [1.165, 1.54) is 34.2 Å². The second-order valence-electron chi connectivity index (χ2n) is 7.79. The molecule has 0 radical (unpaired) electrons. The zero-order valence-corrected chi connectivity index (χ0v) is 20.4. The first-order valence-corrected chi connectivity index (χ1v) is 11.9. The number of unbranched alkanes of at least 4 members (excludes halogenated alkanes) is 2. The summed E-state index contributed by atoms with van der Waals surface area (Å²) in [5, 5.41) is 6.04. The highest BCUT2D eigenvalue weighted by Gasteiger charge is 2.15. The van der Waals surface area contributed by atoms with Gasteiger partial charge in [0, 0.05) is 29.8 Å². The van der Waals surface area contributed by atoms with Crippen molar-refractivity contribution in [1.82, 2.24) is 14.5 Å². The fourth-order valence-corrected chi connectivity index (χ4v) is 5.04. The van der Waals surface area contributed by atoms with Crippen LogP contribution < -0.4 is 27.7 Å². The molecule has 0 saturated heterocycles. The molecule has 6 heteroatoms. The van der Waals surface area contributed by atoms with Gasteiger partial charge in [0.05, 0.1) is 32.0 Å². The van der Waals surface area contributed by atoms with Gasteiger partial charge in [-0.3, -0.25) is 4.98 Å². The van der Waals surface area contributed by atoms with Crippen LogP contribution in [0.1, 0.15) is 45.7 Å². The summed E-state index contributed by atoms with van der Waals surface area (Å²) in [4.78, 5) is 11.1. The average molecular weight is 455 g/mol. The summed E-state index contributed by atoms with van der Waals surface area (Å²) in [6, 6.07) is 13.1. The molecule has 0 amide bonds. The predicted molar refractivity (Wildman–Crippen MR) is 131 cm³/mol. The number of aromatic nitrogens is 2. The number of pyridine rings is 1. The van der Waals surface area contributed by atoms with E-state index in [-0.39, 0.29) is 12.4 Å². The summed E-state index contributed by atoms with van der Waals surface area (Å²) in [6.45, 7) is 11.7. The maximum Gasteiger partial charge on any atom is 0.201 e. The Morgan fingerprint density at radius 2 is 1.74 bits per heavy atom. The van der Waals surface area contributed by atoms with Gasteiger partial charge in [0.2, 0.25) is 5.36 Å². The molecule has 1 aliphatic carbocycles. The number of nitrogens with zero attached hydrogens (tertiary/aromatic N) is 3. The van der Waals surface area contributed by atoms with Crippen LogP contribution in [-0.4, -0.2) is 29.6 Å². The lowest BCUT2D eigenvalue weighted by molar-refractivity contribution is -0.00000629. The van der Waals surface area contributed by atoms with E-state index in [9.17, 15) is 0 Å². The molecule has 2 aliphatic rings. The third-order valence-electron chi connectivity index (χ3n) is 5.67. The van der Waals surface area contributed by atoms with Gasteiger partial charge in [-0.05, 0) is 51.5 Å². The molecular formula is C25H31ClN4S. The fourth-order valence-electron chi connectivity index (χ4n) is 3.98. The van der Waals surface area contributed by atoms with Gasteiger partial charge < -0.3 is 17.7 Å². The number of halogens is 1. The van der Waals surface area contributed by atoms with Crippen molar-refractivity contribution in [3.8, 4) is 10.6 Å². The van der Waals surface area contributed by atoms with E-state index in [1.807, 2.05) is 11.3 Å². The molecule has 0 bridgehead atoms. The minimum atomic E-state index is 0. The van der Waals surface area contributed by atoms with Crippen LogP contribution in [0.5, 0.6) is 0 Å². The zero-order chi connectivity index (χ0) is 21.1. The number of hydrogen-bond acceptors (Lipinski definition) is 4. The van der Waals surface area contributed by atoms with Crippen LogP contribution in [0, 0.1) is 6.92 Å². The molecule has 1 aromatic heterocycles. The molecule has 1 N–H and O–H groups in total. The van der Waals surface area contributed by atoms with E-state index in [1.54, 1.807) is 0 Å². The second kappa shape index (κ2) is 10.4. The van der Waals surface area contributed by atoms with Crippen molar-refractivity contribution in [2.24, 2.45) is 0 Å². The van der Waals surface area contributed by atoms with Gasteiger partial charge in [-0.2, -0.15) is 0 Å². The van der Waals surface area contributed by atoms with Gasteiger partial charge in [0.1, 0.15) is 13.1 Å². The van der Waals surface area contributed by atoms with Crippen LogP contribution in [0.3, 0.4) is 0 Å². The monoisotopic (exact) mass is 454 g/mol. The molecule has 4 nitrogen and oxygen atoms in total. The van der Waals surface area contributed by atoms with Crippen molar-refractivity contribution in [2.45, 2.75) is 47.0 Å². The predicted octanol–water partition coefficient (Wildman–Crippen LogP) is 2.68. The lowest BCUT2D eigenvalue weighted by Gasteiger charge is -2.13. The molecule has 0 unspecified atom stereocenters. The topological polar surface area (TPSA) is 40.8 Å². The number of anilines is 1. The highest BCUT2D eigenvalue weighted by Crippen LogP contribution is 2.36. The largest absolute Gasteiger partial charge is 1.00 e. The van der Waals surface area contributed by atoms with E-state index >= 15 is 0 Å². The molecule has 0 fully saturated rings. The van der Waals surface area contributed by atoms with E-state index in [2.05, 4.69) is 74.0 Å². The molecule has 1 aromatic carbocycles. The Morgan fingerprint density at radius 1 is 0.935 bits per heavy atom. The minimum absolute atomic E-state index is 0. The fraction of sp³-hybridized carbons (Fsp3) is 0.400. The van der Waals surface area contributed by atoms with Gasteiger partial charge in [-0.25, -0.2) is 9.56 Å². The Labute approximate surface area is 194 Å². The summed E-state index contributed by atoms with van der Waals surface area (Å²) >= 11 is 1.82. The molecular weight excluding hydrogens is 424 g/mol. The maximum absolute atomic E-state index is 5.06. The van der Waals surface area contributed by atoms with Crippen LogP contribution in [0.4, 0.5) is 5.69 Å². The Morgan fingerprint density at radius 3 is 2.48 bits per heavy atom. The summed E-state index contributed by atoms with van der Waals surface area (Å²) in [5.74, 6) is 0. The standard InChI is InChI=1S/C25H30N4S.ClH/c1-5-8-9-14-26-21-16-23-25(19-12-10-17(4)27-24(19)21)28-20-13-11-18(15-22(20)30-23)29(6-2)7-3;/h10-13,15-16H,5-9,14H2,1-4H3;1H. The highest BCUT2D eigenvalue weighted by molar-refractivity contribution is 7.21. The van der Waals surface area contributed by atoms with Gasteiger partial charge in [0.25, 0.3) is 0 Å². The second-order valence-corrected chi connectivity index (χ2v) is 8.88. The highest BCUT2D eigenvalue weighted by atomic mass is 35.5. The molecule has 2 aromatic rings. The molecule has 1 aliphatic heterocycles. The molecule has 0 atom stereocenters. The smallest absolute Gasteiger partial charge is 0.201 e. The van der Waals surface area contributed by atoms with Crippen LogP contribution >= 0.6 is 11.3 Å². The van der Waals surface area contributed by atoms with Crippen LogP contribution in [0.15, 0.2) is 36.4 Å². The normalized spacial score (nSPS) is 11.1. The van der Waals surface area contributed by atoms with Crippen LogP contribution in [0.25, 0.3) is 31.7 Å². The van der Waals surface area contributed by atoms with Gasteiger partial charge in [-0.15, -0.1) is 11.3 Å². The quantitative estimate of drug-likeness (QED) is 0.202. The number of rotatable bonds is 7. The summed E-state index contributed by atoms with van der Waals surface area (Å²) in [5.41, 5.74) is 5.28. The van der Waals surface area contributed by atoms with Crippen LogP contribution in [0.2, 0.25) is 0 Å². The van der Waals surface area contributed by atoms with E-state index in [0.29, 0.717) is 0 Å². The summed E-state index contributed by atoms with van der Waals surface area (Å²) < 4.78 is 3.58. The first-order chi connectivity index (χ1) is 14.6.